The minimum atomic E-state index is -1.91. The number of hydrogen-bond donors (Lipinski definition) is 0. The van der Waals surface area contributed by atoms with Crippen molar-refractivity contribution in [3.63, 3.8) is 0 Å². The summed E-state index contributed by atoms with van der Waals surface area (Å²) in [5, 5.41) is 0.239. The molecular formula is C20H29NO11. The van der Waals surface area contributed by atoms with E-state index < -0.39 is 65.7 Å². The first kappa shape index (κ1) is 26.9. The molecule has 1 aliphatic rings. The van der Waals surface area contributed by atoms with Crippen LogP contribution < -0.4 is 0 Å². The highest BCUT2D eigenvalue weighted by molar-refractivity contribution is 6.02. The fourth-order valence-electron chi connectivity index (χ4n) is 2.20. The Morgan fingerprint density at radius 2 is 1.34 bits per heavy atom. The molecule has 1 aliphatic heterocycles. The molecule has 0 aromatic heterocycles. The second kappa shape index (κ2) is 10.4. The zero-order chi connectivity index (χ0) is 24.9. The van der Waals surface area contributed by atoms with Crippen molar-refractivity contribution in [3.05, 3.63) is 0 Å². The highest BCUT2D eigenvalue weighted by Crippen LogP contribution is 2.17. The smallest absolute Gasteiger partial charge is 0.457 e. The molecule has 1 heterocycles. The highest BCUT2D eigenvalue weighted by atomic mass is 16.8. The van der Waals surface area contributed by atoms with Crippen LogP contribution in [-0.2, 0) is 47.8 Å². The van der Waals surface area contributed by atoms with Gasteiger partial charge in [-0.05, 0) is 48.5 Å². The van der Waals surface area contributed by atoms with E-state index in [-0.39, 0.29) is 17.9 Å². The van der Waals surface area contributed by atoms with Crippen molar-refractivity contribution in [2.24, 2.45) is 0 Å². The number of imide groups is 1. The summed E-state index contributed by atoms with van der Waals surface area (Å²) in [6.45, 7) is 10.8. The lowest BCUT2D eigenvalue weighted by Gasteiger charge is -2.24. The van der Waals surface area contributed by atoms with Crippen molar-refractivity contribution >= 4 is 35.9 Å². The summed E-state index contributed by atoms with van der Waals surface area (Å²) in [6.07, 6.45) is -5.71. The van der Waals surface area contributed by atoms with Crippen molar-refractivity contribution < 1.29 is 52.6 Å². The minimum Gasteiger partial charge on any atom is -0.457 e. The van der Waals surface area contributed by atoms with E-state index in [9.17, 15) is 28.8 Å². The Morgan fingerprint density at radius 1 is 0.844 bits per heavy atom. The first-order valence-corrected chi connectivity index (χ1v) is 9.88. The summed E-state index contributed by atoms with van der Waals surface area (Å²) in [7, 11) is 0. The van der Waals surface area contributed by atoms with E-state index in [1.807, 2.05) is 0 Å². The lowest BCUT2D eigenvalue weighted by Crippen LogP contribution is -2.41. The normalized spacial score (nSPS) is 16.2. The van der Waals surface area contributed by atoms with Crippen molar-refractivity contribution in [1.82, 2.24) is 5.06 Å². The number of hydroxylamine groups is 2. The van der Waals surface area contributed by atoms with Gasteiger partial charge in [-0.1, -0.05) is 0 Å². The molecule has 2 atom stereocenters. The number of hydrogen-bond acceptors (Lipinski definition) is 11. The van der Waals surface area contributed by atoms with Crippen molar-refractivity contribution in [2.45, 2.75) is 91.1 Å². The molecule has 1 rings (SSSR count). The van der Waals surface area contributed by atoms with Crippen LogP contribution in [0.2, 0.25) is 0 Å². The average molecular weight is 459 g/mol. The van der Waals surface area contributed by atoms with E-state index in [2.05, 4.69) is 0 Å². The molecule has 32 heavy (non-hydrogen) atoms. The lowest BCUT2D eigenvalue weighted by atomic mass is 10.2. The number of nitrogens with zero attached hydrogens (tertiary/aromatic N) is 1. The summed E-state index contributed by atoms with van der Waals surface area (Å²) >= 11 is 0. The Morgan fingerprint density at radius 3 is 1.81 bits per heavy atom. The summed E-state index contributed by atoms with van der Waals surface area (Å²) in [6, 6.07) is 0. The van der Waals surface area contributed by atoms with Gasteiger partial charge in [-0.3, -0.25) is 14.4 Å². The van der Waals surface area contributed by atoms with Crippen LogP contribution in [-0.4, -0.2) is 64.4 Å². The molecule has 0 aliphatic carbocycles. The third-order valence-electron chi connectivity index (χ3n) is 3.48. The minimum absolute atomic E-state index is 0.154. The molecule has 0 aromatic rings. The first-order valence-electron chi connectivity index (χ1n) is 9.88. The molecule has 0 bridgehead atoms. The summed E-state index contributed by atoms with van der Waals surface area (Å²) in [5.74, 6) is -4.83. The van der Waals surface area contributed by atoms with E-state index in [0.29, 0.717) is 0 Å². The van der Waals surface area contributed by atoms with Gasteiger partial charge in [0.25, 0.3) is 11.8 Å². The van der Waals surface area contributed by atoms with E-state index in [0.717, 1.165) is 0 Å². The van der Waals surface area contributed by atoms with Crippen LogP contribution in [0.5, 0.6) is 0 Å². The molecule has 12 heteroatoms. The van der Waals surface area contributed by atoms with E-state index in [1.54, 1.807) is 41.5 Å². The quantitative estimate of drug-likeness (QED) is 0.310. The van der Waals surface area contributed by atoms with Crippen LogP contribution in [0.4, 0.5) is 4.79 Å². The second-order valence-corrected chi connectivity index (χ2v) is 8.93. The zero-order valence-corrected chi connectivity index (χ0v) is 19.2. The average Bonchev–Trinajstić information content (AvgIpc) is 2.89. The van der Waals surface area contributed by atoms with Crippen LogP contribution in [0.1, 0.15) is 67.7 Å². The van der Waals surface area contributed by atoms with Crippen molar-refractivity contribution in [3.8, 4) is 0 Å². The maximum absolute atomic E-state index is 12.4. The van der Waals surface area contributed by atoms with E-state index >= 15 is 0 Å². The molecule has 0 radical (unpaired) electrons. The molecule has 0 saturated carbocycles. The third kappa shape index (κ3) is 9.31. The van der Waals surface area contributed by atoms with Gasteiger partial charge >= 0.3 is 24.1 Å². The fraction of sp³-hybridized carbons (Fsp3) is 0.700. The Bertz CT molecular complexity index is 759. The van der Waals surface area contributed by atoms with Gasteiger partial charge in [-0.2, -0.15) is 0 Å². The van der Waals surface area contributed by atoms with Crippen molar-refractivity contribution in [2.75, 3.05) is 0 Å². The Kier molecular flexibility index (Phi) is 8.75. The van der Waals surface area contributed by atoms with Crippen LogP contribution in [0.25, 0.3) is 0 Å². The van der Waals surface area contributed by atoms with Gasteiger partial charge in [0.2, 0.25) is 6.10 Å². The molecule has 1 fully saturated rings. The Labute approximate surface area is 185 Å². The van der Waals surface area contributed by atoms with Crippen LogP contribution >= 0.6 is 0 Å². The van der Waals surface area contributed by atoms with E-state index in [1.165, 1.54) is 6.92 Å². The monoisotopic (exact) mass is 459 g/mol. The topological polar surface area (TPSA) is 152 Å². The molecule has 0 unspecified atom stereocenters. The molecule has 0 aromatic carbocycles. The maximum atomic E-state index is 12.4. The Hall–Kier alpha value is -3.18. The van der Waals surface area contributed by atoms with Crippen LogP contribution in [0.15, 0.2) is 0 Å². The van der Waals surface area contributed by atoms with Crippen LogP contribution in [0, 0.1) is 0 Å². The number of ether oxygens (including phenoxy) is 4. The molecule has 1 saturated heterocycles. The number of carbonyl (C=O) groups is 6. The predicted octanol–water partition coefficient (Wildman–Crippen LogP) is 1.58. The third-order valence-corrected chi connectivity index (χ3v) is 3.48. The van der Waals surface area contributed by atoms with Crippen LogP contribution in [0.3, 0.4) is 0 Å². The van der Waals surface area contributed by atoms with Gasteiger partial charge in [0, 0.05) is 12.8 Å². The second-order valence-electron chi connectivity index (χ2n) is 8.93. The highest BCUT2D eigenvalue weighted by Gasteiger charge is 2.38. The molecular weight excluding hydrogens is 430 g/mol. The number of carbonyl (C=O) groups excluding carboxylic acids is 6. The standard InChI is InChI=1S/C20H29NO11/c1-11(16(25)30-19(2,3)4)28-15(24)10-12(29-18(27)31-20(5,6)7)17(26)32-21-13(22)8-9-14(21)23/h11-12H,8-10H2,1-7H3/t11-,12-/m0/s1. The SMILES string of the molecule is C[C@H](OC(=O)C[C@H](OC(=O)OC(C)(C)C)C(=O)ON1C(=O)CCC1=O)C(=O)OC(C)(C)C. The number of esters is 2. The molecule has 0 spiro atoms. The maximum Gasteiger partial charge on any atom is 0.509 e. The van der Waals surface area contributed by atoms with Gasteiger partial charge in [0.1, 0.15) is 11.2 Å². The number of rotatable bonds is 7. The summed E-state index contributed by atoms with van der Waals surface area (Å²) < 4.78 is 19.8. The first-order chi connectivity index (χ1) is 14.5. The summed E-state index contributed by atoms with van der Waals surface area (Å²) in [4.78, 5) is 76.7. The number of amides is 2. The van der Waals surface area contributed by atoms with Gasteiger partial charge < -0.3 is 23.8 Å². The van der Waals surface area contributed by atoms with Gasteiger partial charge in [0.05, 0.1) is 6.42 Å². The molecule has 12 nitrogen and oxygen atoms in total. The van der Waals surface area contributed by atoms with Gasteiger partial charge in [-0.25, -0.2) is 14.4 Å². The van der Waals surface area contributed by atoms with E-state index in [4.69, 9.17) is 23.8 Å². The zero-order valence-electron chi connectivity index (χ0n) is 19.2. The largest absolute Gasteiger partial charge is 0.509 e. The molecule has 0 N–H and O–H groups in total. The van der Waals surface area contributed by atoms with Crippen molar-refractivity contribution in [1.29, 1.82) is 0 Å². The Balaban J connectivity index is 2.87. The predicted molar refractivity (Wildman–Crippen MR) is 104 cm³/mol. The van der Waals surface area contributed by atoms with Gasteiger partial charge in [-0.15, -0.1) is 5.06 Å². The fourth-order valence-corrected chi connectivity index (χ4v) is 2.20. The lowest BCUT2D eigenvalue weighted by molar-refractivity contribution is -0.205. The van der Waals surface area contributed by atoms with Gasteiger partial charge in [0.15, 0.2) is 6.10 Å². The molecule has 2 amide bonds. The molecule has 180 valence electrons. The summed E-state index contributed by atoms with van der Waals surface area (Å²) in [5.41, 5.74) is -1.79.